The van der Waals surface area contributed by atoms with Gasteiger partial charge in [-0.2, -0.15) is 0 Å². The van der Waals surface area contributed by atoms with Crippen LogP contribution in [-0.4, -0.2) is 30.1 Å². The van der Waals surface area contributed by atoms with Crippen LogP contribution in [0.1, 0.15) is 36.8 Å². The molecule has 23 heavy (non-hydrogen) atoms. The van der Waals surface area contributed by atoms with Crippen LogP contribution in [0, 0.1) is 0 Å². The number of aromatic nitrogens is 1. The zero-order chi connectivity index (χ0) is 16.8. The summed E-state index contributed by atoms with van der Waals surface area (Å²) in [6, 6.07) is 10.3. The average Bonchev–Trinajstić information content (AvgIpc) is 2.99. The van der Waals surface area contributed by atoms with Crippen LogP contribution >= 0.6 is 15.9 Å². The van der Waals surface area contributed by atoms with Crippen molar-refractivity contribution in [1.29, 1.82) is 0 Å². The van der Waals surface area contributed by atoms with Crippen LogP contribution in [0.4, 0.5) is 0 Å². The fourth-order valence-electron chi connectivity index (χ4n) is 2.17. The van der Waals surface area contributed by atoms with Gasteiger partial charge in [0.25, 0.3) is 0 Å². The highest BCUT2D eigenvalue weighted by atomic mass is 79.9. The molecule has 124 valence electrons. The largest absolute Gasteiger partial charge is 0.359 e. The van der Waals surface area contributed by atoms with Crippen molar-refractivity contribution in [3.63, 3.8) is 0 Å². The van der Waals surface area contributed by atoms with Crippen LogP contribution in [0.2, 0.25) is 0 Å². The summed E-state index contributed by atoms with van der Waals surface area (Å²) in [5.41, 5.74) is 2.19. The van der Waals surface area contributed by atoms with Gasteiger partial charge in [-0.05, 0) is 23.6 Å². The maximum absolute atomic E-state index is 5.34. The van der Waals surface area contributed by atoms with Gasteiger partial charge >= 0.3 is 0 Å². The first-order valence-corrected chi connectivity index (χ1v) is 8.40. The van der Waals surface area contributed by atoms with Crippen molar-refractivity contribution >= 4 is 21.9 Å². The molecule has 5 nitrogen and oxygen atoms in total. The maximum Gasteiger partial charge on any atom is 0.194 e. The maximum atomic E-state index is 5.34. The molecular formula is C17H23BrN4O. The van der Waals surface area contributed by atoms with Gasteiger partial charge in [0.1, 0.15) is 0 Å². The third-order valence-corrected chi connectivity index (χ3v) is 4.02. The minimum atomic E-state index is 0.367. The van der Waals surface area contributed by atoms with E-state index >= 15 is 0 Å². The normalized spacial score (nSPS) is 11.8. The first kappa shape index (κ1) is 17.5. The number of hydrogen-bond acceptors (Lipinski definition) is 3. The van der Waals surface area contributed by atoms with E-state index in [1.165, 1.54) is 5.56 Å². The molecule has 0 aliphatic carbocycles. The van der Waals surface area contributed by atoms with E-state index in [1.54, 1.807) is 7.05 Å². The standard InChI is InChI=1S/C17H23BrN4O/c1-12(2)16-9-15(23-21-16)10-20-17(19-3)22(4)11-13-5-7-14(18)8-6-13/h5-9,12H,10-11H2,1-4H3,(H,19,20). The minimum Gasteiger partial charge on any atom is -0.359 e. The zero-order valence-corrected chi connectivity index (χ0v) is 15.6. The molecule has 0 aliphatic rings. The van der Waals surface area contributed by atoms with E-state index < -0.39 is 0 Å². The van der Waals surface area contributed by atoms with E-state index in [9.17, 15) is 0 Å². The summed E-state index contributed by atoms with van der Waals surface area (Å²) in [4.78, 5) is 6.39. The van der Waals surface area contributed by atoms with E-state index in [0.29, 0.717) is 12.5 Å². The SMILES string of the molecule is CN=C(NCc1cc(C(C)C)no1)N(C)Cc1ccc(Br)cc1. The third-order valence-electron chi connectivity index (χ3n) is 3.50. The molecule has 1 aromatic heterocycles. The zero-order valence-electron chi connectivity index (χ0n) is 14.0. The molecule has 0 atom stereocenters. The Morgan fingerprint density at radius 1 is 1.35 bits per heavy atom. The number of halogens is 1. The summed E-state index contributed by atoms with van der Waals surface area (Å²) in [5.74, 6) is 1.99. The van der Waals surface area contributed by atoms with Gasteiger partial charge < -0.3 is 14.7 Å². The van der Waals surface area contributed by atoms with Crippen molar-refractivity contribution in [1.82, 2.24) is 15.4 Å². The van der Waals surface area contributed by atoms with E-state index in [1.807, 2.05) is 25.2 Å². The molecule has 0 saturated heterocycles. The van der Waals surface area contributed by atoms with Crippen molar-refractivity contribution in [3.8, 4) is 0 Å². The molecule has 1 aromatic carbocycles. The summed E-state index contributed by atoms with van der Waals surface area (Å²) >= 11 is 3.45. The Bertz CT molecular complexity index is 649. The Morgan fingerprint density at radius 3 is 2.61 bits per heavy atom. The monoisotopic (exact) mass is 378 g/mol. The Hall–Kier alpha value is -1.82. The molecule has 6 heteroatoms. The molecule has 0 radical (unpaired) electrons. The number of nitrogens with zero attached hydrogens (tertiary/aromatic N) is 3. The lowest BCUT2D eigenvalue weighted by atomic mass is 10.1. The summed E-state index contributed by atoms with van der Waals surface area (Å²) in [7, 11) is 3.79. The molecule has 0 saturated carbocycles. The Morgan fingerprint density at radius 2 is 2.04 bits per heavy atom. The lowest BCUT2D eigenvalue weighted by Gasteiger charge is -2.21. The van der Waals surface area contributed by atoms with Crippen LogP contribution in [0.15, 0.2) is 44.3 Å². The summed E-state index contributed by atoms with van der Waals surface area (Å²) < 4.78 is 6.42. The first-order valence-electron chi connectivity index (χ1n) is 7.61. The van der Waals surface area contributed by atoms with Gasteiger partial charge in [0.05, 0.1) is 12.2 Å². The second kappa shape index (κ2) is 8.15. The van der Waals surface area contributed by atoms with Crippen LogP contribution in [0.5, 0.6) is 0 Å². The van der Waals surface area contributed by atoms with E-state index in [2.05, 4.69) is 62.3 Å². The number of nitrogens with one attached hydrogen (secondary N) is 1. The molecule has 2 aromatic rings. The molecule has 0 bridgehead atoms. The quantitative estimate of drug-likeness (QED) is 0.635. The molecule has 2 rings (SSSR count). The molecule has 0 aliphatic heterocycles. The highest BCUT2D eigenvalue weighted by molar-refractivity contribution is 9.10. The second-order valence-corrected chi connectivity index (χ2v) is 6.67. The van der Waals surface area contributed by atoms with E-state index in [-0.39, 0.29) is 0 Å². The number of rotatable bonds is 5. The fraction of sp³-hybridized carbons (Fsp3) is 0.412. The summed E-state index contributed by atoms with van der Waals surface area (Å²) in [6.07, 6.45) is 0. The van der Waals surface area contributed by atoms with Crippen molar-refractivity contribution in [2.24, 2.45) is 4.99 Å². The molecule has 0 fully saturated rings. The topological polar surface area (TPSA) is 53.7 Å². The molecule has 1 N–H and O–H groups in total. The molecule has 0 spiro atoms. The molecule has 1 heterocycles. The Kier molecular flexibility index (Phi) is 6.21. The van der Waals surface area contributed by atoms with Crippen LogP contribution in [0.3, 0.4) is 0 Å². The van der Waals surface area contributed by atoms with Gasteiger partial charge in [0.15, 0.2) is 11.7 Å². The number of aliphatic imine (C=N–C) groups is 1. The van der Waals surface area contributed by atoms with Crippen molar-refractivity contribution in [2.45, 2.75) is 32.9 Å². The van der Waals surface area contributed by atoms with Crippen molar-refractivity contribution in [2.75, 3.05) is 14.1 Å². The van der Waals surface area contributed by atoms with Gasteiger partial charge in [0, 0.05) is 31.2 Å². The molecule has 0 amide bonds. The van der Waals surface area contributed by atoms with Crippen molar-refractivity contribution < 1.29 is 4.52 Å². The van der Waals surface area contributed by atoms with Gasteiger partial charge in [-0.1, -0.05) is 47.1 Å². The molecule has 0 unspecified atom stereocenters. The smallest absolute Gasteiger partial charge is 0.194 e. The summed E-state index contributed by atoms with van der Waals surface area (Å²) in [5, 5.41) is 7.37. The Balaban J connectivity index is 1.92. The van der Waals surface area contributed by atoms with Gasteiger partial charge in [-0.15, -0.1) is 0 Å². The van der Waals surface area contributed by atoms with Gasteiger partial charge in [-0.25, -0.2) is 0 Å². The highest BCUT2D eigenvalue weighted by Crippen LogP contribution is 2.14. The number of benzene rings is 1. The highest BCUT2D eigenvalue weighted by Gasteiger charge is 2.10. The van der Waals surface area contributed by atoms with Crippen LogP contribution in [0.25, 0.3) is 0 Å². The van der Waals surface area contributed by atoms with Crippen LogP contribution in [-0.2, 0) is 13.1 Å². The summed E-state index contributed by atoms with van der Waals surface area (Å²) in [6.45, 7) is 5.54. The number of guanidine groups is 1. The third kappa shape index (κ3) is 5.10. The fourth-order valence-corrected chi connectivity index (χ4v) is 2.44. The van der Waals surface area contributed by atoms with Gasteiger partial charge in [-0.3, -0.25) is 4.99 Å². The lowest BCUT2D eigenvalue weighted by molar-refractivity contribution is 0.369. The minimum absolute atomic E-state index is 0.367. The Labute approximate surface area is 145 Å². The van der Waals surface area contributed by atoms with Crippen molar-refractivity contribution in [3.05, 3.63) is 51.8 Å². The lowest BCUT2D eigenvalue weighted by Crippen LogP contribution is -2.37. The number of hydrogen-bond donors (Lipinski definition) is 1. The first-order chi connectivity index (χ1) is 11.0. The predicted octanol–water partition coefficient (Wildman–Crippen LogP) is 3.77. The van der Waals surface area contributed by atoms with E-state index in [0.717, 1.165) is 28.4 Å². The van der Waals surface area contributed by atoms with Gasteiger partial charge in [0.2, 0.25) is 0 Å². The molecular weight excluding hydrogens is 356 g/mol. The predicted molar refractivity (Wildman–Crippen MR) is 96.4 cm³/mol. The average molecular weight is 379 g/mol. The van der Waals surface area contributed by atoms with Crippen LogP contribution < -0.4 is 5.32 Å². The van der Waals surface area contributed by atoms with E-state index in [4.69, 9.17) is 4.52 Å². The second-order valence-electron chi connectivity index (χ2n) is 5.76.